The molecule has 3 aromatic heterocycles. The predicted molar refractivity (Wildman–Crippen MR) is 145 cm³/mol. The summed E-state index contributed by atoms with van der Waals surface area (Å²) in [5.74, 6) is 2.62. The van der Waals surface area contributed by atoms with Gasteiger partial charge in [-0.2, -0.15) is 15.1 Å². The zero-order valence-corrected chi connectivity index (χ0v) is 22.2. The fraction of sp³-hybridized carbons (Fsp3) is 0.560. The summed E-state index contributed by atoms with van der Waals surface area (Å²) in [6.07, 6.45) is 3.92. The monoisotopic (exact) mass is 524 g/mol. The SMILES string of the molecule is COCCNC(=O)N1CCN(c2cc(Nc3cc4c(cn3)cnn4C(C)C)nc(N3CCC(O)C3)n2)CC1. The molecule has 2 saturated heterocycles. The number of methoxy groups -OCH3 is 1. The summed E-state index contributed by atoms with van der Waals surface area (Å²) in [7, 11) is 1.61. The van der Waals surface area contributed by atoms with Gasteiger partial charge < -0.3 is 35.2 Å². The maximum absolute atomic E-state index is 12.4. The Kier molecular flexibility index (Phi) is 7.74. The highest BCUT2D eigenvalue weighted by atomic mass is 16.5. The molecule has 13 heteroatoms. The molecule has 3 aromatic rings. The lowest BCUT2D eigenvalue weighted by molar-refractivity contribution is 0.177. The minimum Gasteiger partial charge on any atom is -0.391 e. The lowest BCUT2D eigenvalue weighted by Gasteiger charge is -2.35. The number of hydrogen-bond acceptors (Lipinski definition) is 10. The fourth-order valence-corrected chi connectivity index (χ4v) is 4.77. The van der Waals surface area contributed by atoms with Crippen LogP contribution in [0.1, 0.15) is 26.3 Å². The van der Waals surface area contributed by atoms with E-state index in [0.29, 0.717) is 76.4 Å². The quantitative estimate of drug-likeness (QED) is 0.373. The number of rotatable bonds is 8. The average molecular weight is 525 g/mol. The number of nitrogens with one attached hydrogen (secondary N) is 2. The molecule has 38 heavy (non-hydrogen) atoms. The first-order chi connectivity index (χ1) is 18.4. The van der Waals surface area contributed by atoms with E-state index < -0.39 is 0 Å². The van der Waals surface area contributed by atoms with Crippen molar-refractivity contribution in [2.45, 2.75) is 32.4 Å². The number of β-amino-alcohol motifs (C(OH)–C–C–N with tert-alkyl or cyclic N) is 1. The summed E-state index contributed by atoms with van der Waals surface area (Å²) in [4.78, 5) is 32.6. The first-order valence-electron chi connectivity index (χ1n) is 13.1. The summed E-state index contributed by atoms with van der Waals surface area (Å²) in [5.41, 5.74) is 0.995. The Morgan fingerprint density at radius 2 is 1.92 bits per heavy atom. The first-order valence-corrected chi connectivity index (χ1v) is 13.1. The van der Waals surface area contributed by atoms with E-state index in [1.165, 1.54) is 0 Å². The highest BCUT2D eigenvalue weighted by Gasteiger charge is 2.26. The zero-order chi connectivity index (χ0) is 26.6. The molecule has 2 aliphatic rings. The molecule has 0 bridgehead atoms. The van der Waals surface area contributed by atoms with Gasteiger partial charge in [0.05, 0.1) is 24.4 Å². The van der Waals surface area contributed by atoms with Crippen LogP contribution in [-0.4, -0.2) is 106 Å². The second-order valence-electron chi connectivity index (χ2n) is 9.93. The van der Waals surface area contributed by atoms with Crippen molar-refractivity contribution in [3.8, 4) is 0 Å². The molecule has 2 aliphatic heterocycles. The Labute approximate surface area is 221 Å². The number of nitrogens with zero attached hydrogens (tertiary/aromatic N) is 8. The topological polar surface area (TPSA) is 137 Å². The number of amides is 2. The van der Waals surface area contributed by atoms with Crippen LogP contribution in [0, 0.1) is 0 Å². The van der Waals surface area contributed by atoms with Gasteiger partial charge in [0.1, 0.15) is 17.5 Å². The smallest absolute Gasteiger partial charge is 0.317 e. The van der Waals surface area contributed by atoms with Gasteiger partial charge in [-0.05, 0) is 20.3 Å². The van der Waals surface area contributed by atoms with E-state index in [1.54, 1.807) is 18.2 Å². The molecular formula is C25H36N10O3. The maximum Gasteiger partial charge on any atom is 0.317 e. The normalized spacial score (nSPS) is 18.0. The number of hydrogen-bond donors (Lipinski definition) is 3. The molecule has 3 N–H and O–H groups in total. The molecule has 0 aromatic carbocycles. The lowest BCUT2D eigenvalue weighted by atomic mass is 10.3. The summed E-state index contributed by atoms with van der Waals surface area (Å²) >= 11 is 0. The molecule has 1 atom stereocenters. The minimum absolute atomic E-state index is 0.0828. The van der Waals surface area contributed by atoms with Crippen molar-refractivity contribution < 1.29 is 14.6 Å². The Morgan fingerprint density at radius 1 is 1.11 bits per heavy atom. The number of piperazine rings is 1. The van der Waals surface area contributed by atoms with Crippen LogP contribution in [0.4, 0.5) is 28.2 Å². The highest BCUT2D eigenvalue weighted by Crippen LogP contribution is 2.27. The largest absolute Gasteiger partial charge is 0.391 e. The number of carbonyl (C=O) groups excluding carboxylic acids is 1. The second kappa shape index (κ2) is 11.4. The van der Waals surface area contributed by atoms with E-state index >= 15 is 0 Å². The van der Waals surface area contributed by atoms with Crippen molar-refractivity contribution in [3.63, 3.8) is 0 Å². The summed E-state index contributed by atoms with van der Waals surface area (Å²) in [5, 5.41) is 21.8. The number of ether oxygens (including phenoxy) is 1. The van der Waals surface area contributed by atoms with Crippen LogP contribution < -0.4 is 20.4 Å². The Bertz CT molecular complexity index is 1260. The second-order valence-corrected chi connectivity index (χ2v) is 9.93. The maximum atomic E-state index is 12.4. The van der Waals surface area contributed by atoms with E-state index in [-0.39, 0.29) is 18.2 Å². The molecule has 0 spiro atoms. The van der Waals surface area contributed by atoms with Crippen molar-refractivity contribution in [1.82, 2.24) is 34.9 Å². The Balaban J connectivity index is 1.36. The highest BCUT2D eigenvalue weighted by molar-refractivity contribution is 5.81. The molecule has 13 nitrogen and oxygen atoms in total. The van der Waals surface area contributed by atoms with Crippen LogP contribution in [0.2, 0.25) is 0 Å². The number of aliphatic hydroxyl groups is 1. The molecule has 2 fully saturated rings. The summed E-state index contributed by atoms with van der Waals surface area (Å²) in [6, 6.07) is 4.03. The third kappa shape index (κ3) is 5.73. The standard InChI is InChI=1S/C25H36N10O3/c1-17(2)35-20-12-21(27-14-18(20)15-28-35)29-22-13-23(31-24(30-22)34-6-4-19(36)16-34)32-7-9-33(10-8-32)25(37)26-5-11-38-3/h12-15,17,19,36H,4-11,16H2,1-3H3,(H,26,37)(H,27,29,30,31). The molecule has 0 radical (unpaired) electrons. The molecular weight excluding hydrogens is 488 g/mol. The van der Waals surface area contributed by atoms with E-state index in [0.717, 1.165) is 16.7 Å². The molecule has 204 valence electrons. The van der Waals surface area contributed by atoms with E-state index in [1.807, 2.05) is 27.9 Å². The van der Waals surface area contributed by atoms with Gasteiger partial charge in [-0.25, -0.2) is 9.78 Å². The molecule has 2 amide bonds. The van der Waals surface area contributed by atoms with E-state index in [9.17, 15) is 9.90 Å². The van der Waals surface area contributed by atoms with Crippen LogP contribution in [0.25, 0.3) is 10.9 Å². The van der Waals surface area contributed by atoms with Crippen molar-refractivity contribution in [1.29, 1.82) is 0 Å². The average Bonchev–Trinajstić information content (AvgIpc) is 3.55. The number of fused-ring (bicyclic) bond motifs is 1. The van der Waals surface area contributed by atoms with Crippen LogP contribution in [0.15, 0.2) is 24.5 Å². The fourth-order valence-electron chi connectivity index (χ4n) is 4.77. The number of aromatic nitrogens is 5. The lowest BCUT2D eigenvalue weighted by Crippen LogP contribution is -2.52. The third-order valence-corrected chi connectivity index (χ3v) is 6.85. The van der Waals surface area contributed by atoms with Crippen molar-refractivity contribution in [2.75, 3.05) is 74.6 Å². The van der Waals surface area contributed by atoms with Gasteiger partial charge in [-0.3, -0.25) is 4.68 Å². The van der Waals surface area contributed by atoms with E-state index in [2.05, 4.69) is 39.5 Å². The van der Waals surface area contributed by atoms with Gasteiger partial charge in [0.25, 0.3) is 0 Å². The van der Waals surface area contributed by atoms with Gasteiger partial charge in [0.2, 0.25) is 5.95 Å². The number of urea groups is 1. The molecule has 5 heterocycles. The molecule has 5 rings (SSSR count). The van der Waals surface area contributed by atoms with Crippen LogP contribution >= 0.6 is 0 Å². The summed E-state index contributed by atoms with van der Waals surface area (Å²) < 4.78 is 6.98. The third-order valence-electron chi connectivity index (χ3n) is 6.85. The van der Waals surface area contributed by atoms with Crippen LogP contribution in [-0.2, 0) is 4.74 Å². The molecule has 0 aliphatic carbocycles. The van der Waals surface area contributed by atoms with E-state index in [4.69, 9.17) is 14.7 Å². The van der Waals surface area contributed by atoms with Gasteiger partial charge in [0.15, 0.2) is 0 Å². The van der Waals surface area contributed by atoms with Gasteiger partial charge in [-0.15, -0.1) is 0 Å². The zero-order valence-electron chi connectivity index (χ0n) is 22.2. The van der Waals surface area contributed by atoms with Crippen molar-refractivity contribution in [2.24, 2.45) is 0 Å². The Morgan fingerprint density at radius 3 is 2.63 bits per heavy atom. The minimum atomic E-state index is -0.390. The van der Waals surface area contributed by atoms with Crippen molar-refractivity contribution in [3.05, 3.63) is 24.5 Å². The van der Waals surface area contributed by atoms with Crippen LogP contribution in [0.5, 0.6) is 0 Å². The van der Waals surface area contributed by atoms with Gasteiger partial charge >= 0.3 is 6.03 Å². The number of carbonyl (C=O) groups is 1. The first kappa shape index (κ1) is 25.9. The Hall–Kier alpha value is -3.71. The van der Waals surface area contributed by atoms with Gasteiger partial charge in [-0.1, -0.05) is 0 Å². The predicted octanol–water partition coefficient (Wildman–Crippen LogP) is 1.59. The molecule has 1 unspecified atom stereocenters. The van der Waals surface area contributed by atoms with Gasteiger partial charge in [0, 0.05) is 82.7 Å². The number of pyridine rings is 1. The number of anilines is 4. The number of aliphatic hydroxyl groups excluding tert-OH is 1. The van der Waals surface area contributed by atoms with Crippen LogP contribution in [0.3, 0.4) is 0 Å². The molecule has 0 saturated carbocycles. The summed E-state index contributed by atoms with van der Waals surface area (Å²) in [6.45, 7) is 8.81. The van der Waals surface area contributed by atoms with Crippen molar-refractivity contribution >= 4 is 40.3 Å².